The van der Waals surface area contributed by atoms with Crippen LogP contribution in [0.4, 0.5) is 0 Å². The molecule has 1 atom stereocenters. The van der Waals surface area contributed by atoms with Crippen molar-refractivity contribution in [2.24, 2.45) is 11.8 Å². The smallest absolute Gasteiger partial charge is 0.262 e. The maximum Gasteiger partial charge on any atom is 0.262 e. The van der Waals surface area contributed by atoms with Gasteiger partial charge in [-0.05, 0) is 30.2 Å². The first-order valence-corrected chi connectivity index (χ1v) is 9.80. The van der Waals surface area contributed by atoms with Crippen LogP contribution in [-0.2, 0) is 14.3 Å². The summed E-state index contributed by atoms with van der Waals surface area (Å²) in [6.45, 7) is 6.62. The number of carbonyl (C=O) groups excluding carboxylic acids is 2. The minimum atomic E-state index is -0.495. The minimum absolute atomic E-state index is 0.00612. The molecule has 2 saturated heterocycles. The maximum atomic E-state index is 12.9. The third-order valence-corrected chi connectivity index (χ3v) is 5.72. The van der Waals surface area contributed by atoms with Crippen LogP contribution in [0.1, 0.15) is 36.4 Å². The Morgan fingerprint density at radius 2 is 1.92 bits per heavy atom. The third-order valence-electron chi connectivity index (χ3n) is 4.85. The second-order valence-electron chi connectivity index (χ2n) is 6.95. The highest BCUT2D eigenvalue weighted by Crippen LogP contribution is 2.26. The second kappa shape index (κ2) is 8.29. The molecule has 0 spiro atoms. The van der Waals surface area contributed by atoms with Gasteiger partial charge in [-0.25, -0.2) is 0 Å². The van der Waals surface area contributed by atoms with Crippen molar-refractivity contribution in [3.05, 3.63) is 22.4 Å². The molecular formula is C18H26N2O4S. The number of hydrogen-bond donors (Lipinski definition) is 1. The fraction of sp³-hybridized carbons (Fsp3) is 0.667. The molecular weight excluding hydrogens is 340 g/mol. The number of piperidine rings is 1. The number of carbonyl (C=O) groups is 2. The Morgan fingerprint density at radius 1 is 1.24 bits per heavy atom. The Labute approximate surface area is 152 Å². The fourth-order valence-corrected chi connectivity index (χ4v) is 4.00. The van der Waals surface area contributed by atoms with Crippen LogP contribution >= 0.6 is 11.3 Å². The van der Waals surface area contributed by atoms with Crippen molar-refractivity contribution in [1.29, 1.82) is 0 Å². The molecule has 1 aromatic heterocycles. The van der Waals surface area contributed by atoms with E-state index in [0.29, 0.717) is 37.1 Å². The summed E-state index contributed by atoms with van der Waals surface area (Å²) in [7, 11) is 0. The lowest BCUT2D eigenvalue weighted by Gasteiger charge is -2.36. The topological polar surface area (TPSA) is 67.9 Å². The summed E-state index contributed by atoms with van der Waals surface area (Å²) >= 11 is 1.38. The molecule has 6 nitrogen and oxygen atoms in total. The van der Waals surface area contributed by atoms with Crippen LogP contribution in [0.5, 0.6) is 0 Å². The molecule has 2 aliphatic rings. The highest BCUT2D eigenvalue weighted by molar-refractivity contribution is 7.12. The summed E-state index contributed by atoms with van der Waals surface area (Å²) in [6, 6.07) is 3.11. The Bertz CT molecular complexity index is 576. The predicted octanol–water partition coefficient (Wildman–Crippen LogP) is 2.11. The maximum absolute atomic E-state index is 12.9. The Kier molecular flexibility index (Phi) is 6.09. The first-order chi connectivity index (χ1) is 12.1. The van der Waals surface area contributed by atoms with E-state index in [1.54, 1.807) is 6.07 Å². The number of rotatable bonds is 5. The molecule has 2 amide bonds. The van der Waals surface area contributed by atoms with E-state index in [1.165, 1.54) is 11.3 Å². The van der Waals surface area contributed by atoms with Crippen LogP contribution in [0.3, 0.4) is 0 Å². The average molecular weight is 366 g/mol. The zero-order chi connectivity index (χ0) is 17.8. The SMILES string of the molecule is CC(C)C(NC(=O)c1cccs1)C(=O)N1CCC(C2OCCO2)CC1. The molecule has 1 N–H and O–H groups in total. The first kappa shape index (κ1) is 18.4. The lowest BCUT2D eigenvalue weighted by molar-refractivity contribution is -0.139. The number of nitrogens with one attached hydrogen (secondary N) is 1. The minimum Gasteiger partial charge on any atom is -0.350 e. The van der Waals surface area contributed by atoms with Gasteiger partial charge in [0.1, 0.15) is 6.04 Å². The highest BCUT2D eigenvalue weighted by atomic mass is 32.1. The molecule has 25 heavy (non-hydrogen) atoms. The Hall–Kier alpha value is -1.44. The number of nitrogens with zero attached hydrogens (tertiary/aromatic N) is 1. The second-order valence-corrected chi connectivity index (χ2v) is 7.89. The van der Waals surface area contributed by atoms with Crippen LogP contribution in [0, 0.1) is 11.8 Å². The van der Waals surface area contributed by atoms with E-state index in [4.69, 9.17) is 9.47 Å². The van der Waals surface area contributed by atoms with Gasteiger partial charge in [-0.15, -0.1) is 11.3 Å². The molecule has 2 fully saturated rings. The zero-order valence-corrected chi connectivity index (χ0v) is 15.6. The molecule has 0 bridgehead atoms. The summed E-state index contributed by atoms with van der Waals surface area (Å²) in [4.78, 5) is 27.8. The van der Waals surface area contributed by atoms with Crippen LogP contribution in [0.15, 0.2) is 17.5 Å². The van der Waals surface area contributed by atoms with E-state index < -0.39 is 6.04 Å². The van der Waals surface area contributed by atoms with Crippen molar-refractivity contribution in [3.63, 3.8) is 0 Å². The number of ether oxygens (including phenoxy) is 2. The van der Waals surface area contributed by atoms with Gasteiger partial charge >= 0.3 is 0 Å². The largest absolute Gasteiger partial charge is 0.350 e. The van der Waals surface area contributed by atoms with Gasteiger partial charge in [-0.1, -0.05) is 19.9 Å². The van der Waals surface area contributed by atoms with Crippen molar-refractivity contribution >= 4 is 23.2 Å². The van der Waals surface area contributed by atoms with Gasteiger partial charge in [0, 0.05) is 19.0 Å². The molecule has 2 aliphatic heterocycles. The predicted molar refractivity (Wildman–Crippen MR) is 95.4 cm³/mol. The van der Waals surface area contributed by atoms with Crippen molar-refractivity contribution in [3.8, 4) is 0 Å². The lowest BCUT2D eigenvalue weighted by Crippen LogP contribution is -2.53. The standard InChI is InChI=1S/C18H26N2O4S/c1-12(2)15(19-16(21)14-4-3-11-25-14)17(22)20-7-5-13(6-8-20)18-23-9-10-24-18/h3-4,11-13,15,18H,5-10H2,1-2H3,(H,19,21). The van der Waals surface area contributed by atoms with Gasteiger partial charge in [-0.3, -0.25) is 9.59 Å². The molecule has 0 aliphatic carbocycles. The highest BCUT2D eigenvalue weighted by Gasteiger charge is 2.35. The van der Waals surface area contributed by atoms with Gasteiger partial charge in [-0.2, -0.15) is 0 Å². The Balaban J connectivity index is 1.56. The van der Waals surface area contributed by atoms with Crippen LogP contribution < -0.4 is 5.32 Å². The van der Waals surface area contributed by atoms with Crippen molar-refractivity contribution in [2.75, 3.05) is 26.3 Å². The molecule has 0 aromatic carbocycles. The third kappa shape index (κ3) is 4.40. The average Bonchev–Trinajstić information content (AvgIpc) is 3.32. The monoisotopic (exact) mass is 366 g/mol. The molecule has 0 radical (unpaired) electrons. The zero-order valence-electron chi connectivity index (χ0n) is 14.8. The molecule has 1 unspecified atom stereocenters. The number of thiophene rings is 1. The van der Waals surface area contributed by atoms with Crippen LogP contribution in [-0.4, -0.2) is 55.3 Å². The molecule has 1 aromatic rings. The van der Waals surface area contributed by atoms with E-state index >= 15 is 0 Å². The number of likely N-dealkylation sites (tertiary alicyclic amines) is 1. The van der Waals surface area contributed by atoms with Gasteiger partial charge in [0.05, 0.1) is 18.1 Å². The summed E-state index contributed by atoms with van der Waals surface area (Å²) in [5, 5.41) is 4.77. The summed E-state index contributed by atoms with van der Waals surface area (Å²) < 4.78 is 11.2. The lowest BCUT2D eigenvalue weighted by atomic mass is 9.94. The van der Waals surface area contributed by atoms with Gasteiger partial charge in [0.2, 0.25) is 5.91 Å². The normalized spacial score (nSPS) is 20.8. The van der Waals surface area contributed by atoms with Crippen molar-refractivity contribution in [2.45, 2.75) is 39.0 Å². The summed E-state index contributed by atoms with van der Waals surface area (Å²) in [5.74, 6) is 0.219. The van der Waals surface area contributed by atoms with Crippen molar-refractivity contribution in [1.82, 2.24) is 10.2 Å². The van der Waals surface area contributed by atoms with Crippen molar-refractivity contribution < 1.29 is 19.1 Å². The summed E-state index contributed by atoms with van der Waals surface area (Å²) in [6.07, 6.45) is 1.64. The number of amides is 2. The molecule has 3 heterocycles. The van der Waals surface area contributed by atoms with Gasteiger partial charge < -0.3 is 19.7 Å². The quantitative estimate of drug-likeness (QED) is 0.867. The van der Waals surface area contributed by atoms with Crippen LogP contribution in [0.25, 0.3) is 0 Å². The van der Waals surface area contributed by atoms with E-state index in [0.717, 1.165) is 12.8 Å². The molecule has 138 valence electrons. The molecule has 3 rings (SSSR count). The van der Waals surface area contributed by atoms with E-state index in [9.17, 15) is 9.59 Å². The van der Waals surface area contributed by atoms with E-state index in [-0.39, 0.29) is 24.0 Å². The number of hydrogen-bond acceptors (Lipinski definition) is 5. The van der Waals surface area contributed by atoms with E-state index in [2.05, 4.69) is 5.32 Å². The fourth-order valence-electron chi connectivity index (χ4n) is 3.37. The van der Waals surface area contributed by atoms with E-state index in [1.807, 2.05) is 30.2 Å². The van der Waals surface area contributed by atoms with Crippen LogP contribution in [0.2, 0.25) is 0 Å². The molecule has 0 saturated carbocycles. The van der Waals surface area contributed by atoms with Gasteiger partial charge in [0.25, 0.3) is 5.91 Å². The molecule has 7 heteroatoms. The Morgan fingerprint density at radius 3 is 2.48 bits per heavy atom. The first-order valence-electron chi connectivity index (χ1n) is 8.92. The van der Waals surface area contributed by atoms with Gasteiger partial charge in [0.15, 0.2) is 6.29 Å². The summed E-state index contributed by atoms with van der Waals surface area (Å²) in [5.41, 5.74) is 0.